The second-order valence-electron chi connectivity index (χ2n) is 5.85. The smallest absolute Gasteiger partial charge is 0.315 e. The van der Waals surface area contributed by atoms with E-state index in [1.807, 2.05) is 29.0 Å². The van der Waals surface area contributed by atoms with Gasteiger partial charge in [-0.05, 0) is 46.9 Å². The van der Waals surface area contributed by atoms with Crippen molar-refractivity contribution < 1.29 is 9.90 Å². The molecule has 7 heteroatoms. The van der Waals surface area contributed by atoms with Gasteiger partial charge in [0.05, 0.1) is 6.10 Å². The van der Waals surface area contributed by atoms with E-state index in [1.54, 1.807) is 6.20 Å². The molecular formula is C17H22N4O2S. The van der Waals surface area contributed by atoms with Crippen LogP contribution in [0.2, 0.25) is 0 Å². The Kier molecular flexibility index (Phi) is 5.66. The number of aliphatic hydroxyl groups is 1. The molecule has 6 nitrogen and oxygen atoms in total. The third-order valence-corrected chi connectivity index (χ3v) is 4.78. The second-order valence-corrected chi connectivity index (χ2v) is 6.63. The first-order chi connectivity index (χ1) is 11.7. The molecule has 0 aromatic carbocycles. The Bertz CT molecular complexity index is 639. The maximum Gasteiger partial charge on any atom is 0.315 e. The Hall–Kier alpha value is -2.12. The molecule has 3 heterocycles. The molecule has 1 aliphatic heterocycles. The van der Waals surface area contributed by atoms with Gasteiger partial charge >= 0.3 is 6.03 Å². The number of aromatic nitrogens is 1. The monoisotopic (exact) mass is 346 g/mol. The lowest BCUT2D eigenvalue weighted by atomic mass is 10.2. The molecule has 2 amide bonds. The molecule has 0 saturated carbocycles. The van der Waals surface area contributed by atoms with Gasteiger partial charge in [-0.1, -0.05) is 6.07 Å². The van der Waals surface area contributed by atoms with E-state index in [-0.39, 0.29) is 12.6 Å². The highest BCUT2D eigenvalue weighted by Gasteiger charge is 2.13. The average molecular weight is 346 g/mol. The SMILES string of the molecule is O=C(NCc1ccc(N2CCCC2)nc1)NCC(O)c1ccsc1. The third kappa shape index (κ3) is 4.46. The second kappa shape index (κ2) is 8.12. The fourth-order valence-electron chi connectivity index (χ4n) is 2.67. The van der Waals surface area contributed by atoms with Crippen molar-refractivity contribution in [3.05, 3.63) is 46.3 Å². The van der Waals surface area contributed by atoms with Crippen LogP contribution >= 0.6 is 11.3 Å². The van der Waals surface area contributed by atoms with Crippen molar-refractivity contribution in [3.63, 3.8) is 0 Å². The zero-order valence-electron chi connectivity index (χ0n) is 13.4. The highest BCUT2D eigenvalue weighted by atomic mass is 32.1. The molecule has 0 bridgehead atoms. The van der Waals surface area contributed by atoms with Crippen molar-refractivity contribution in [3.8, 4) is 0 Å². The normalized spacial score (nSPS) is 15.3. The summed E-state index contributed by atoms with van der Waals surface area (Å²) in [6.45, 7) is 2.74. The number of nitrogens with one attached hydrogen (secondary N) is 2. The number of pyridine rings is 1. The lowest BCUT2D eigenvalue weighted by molar-refractivity contribution is 0.173. The van der Waals surface area contributed by atoms with Crippen molar-refractivity contribution in [2.75, 3.05) is 24.5 Å². The van der Waals surface area contributed by atoms with Gasteiger partial charge in [0.1, 0.15) is 5.82 Å². The van der Waals surface area contributed by atoms with Crippen LogP contribution in [0.1, 0.15) is 30.1 Å². The number of nitrogens with zero attached hydrogens (tertiary/aromatic N) is 2. The van der Waals surface area contributed by atoms with Crippen LogP contribution < -0.4 is 15.5 Å². The number of thiophene rings is 1. The Balaban J connectivity index is 1.41. The van der Waals surface area contributed by atoms with Crippen LogP contribution in [-0.4, -0.2) is 35.8 Å². The Morgan fingerprint density at radius 3 is 2.79 bits per heavy atom. The van der Waals surface area contributed by atoms with Crippen molar-refractivity contribution in [2.24, 2.45) is 0 Å². The zero-order valence-corrected chi connectivity index (χ0v) is 14.3. The van der Waals surface area contributed by atoms with Crippen molar-refractivity contribution >= 4 is 23.2 Å². The molecular weight excluding hydrogens is 324 g/mol. The van der Waals surface area contributed by atoms with E-state index in [0.29, 0.717) is 6.54 Å². The van der Waals surface area contributed by atoms with Gasteiger partial charge in [-0.3, -0.25) is 0 Å². The predicted molar refractivity (Wildman–Crippen MR) is 95.2 cm³/mol. The van der Waals surface area contributed by atoms with Crippen LogP contribution in [0.15, 0.2) is 35.2 Å². The standard InChI is InChI=1S/C17H22N4O2S/c22-15(14-5-8-24-12-14)11-20-17(23)19-10-13-3-4-16(18-9-13)21-6-1-2-7-21/h3-5,8-9,12,15,22H,1-2,6-7,10-11H2,(H2,19,20,23). The molecule has 1 aliphatic rings. The molecule has 0 aliphatic carbocycles. The summed E-state index contributed by atoms with van der Waals surface area (Å²) in [7, 11) is 0. The highest BCUT2D eigenvalue weighted by Crippen LogP contribution is 2.17. The lowest BCUT2D eigenvalue weighted by Gasteiger charge is -2.16. The number of anilines is 1. The summed E-state index contributed by atoms with van der Waals surface area (Å²) in [6.07, 6.45) is 3.57. The Labute approximate surface area is 145 Å². The zero-order chi connectivity index (χ0) is 16.8. The van der Waals surface area contributed by atoms with Gasteiger partial charge in [0.25, 0.3) is 0 Å². The number of hydrogen-bond donors (Lipinski definition) is 3. The lowest BCUT2D eigenvalue weighted by Crippen LogP contribution is -2.37. The quantitative estimate of drug-likeness (QED) is 0.750. The summed E-state index contributed by atoms with van der Waals surface area (Å²) >= 11 is 1.52. The summed E-state index contributed by atoms with van der Waals surface area (Å²) < 4.78 is 0. The van der Waals surface area contributed by atoms with Gasteiger partial charge in [-0.2, -0.15) is 11.3 Å². The summed E-state index contributed by atoms with van der Waals surface area (Å²) in [5.41, 5.74) is 1.77. The van der Waals surface area contributed by atoms with Crippen molar-refractivity contribution in [2.45, 2.75) is 25.5 Å². The average Bonchev–Trinajstić information content (AvgIpc) is 3.31. The van der Waals surface area contributed by atoms with Crippen molar-refractivity contribution in [1.82, 2.24) is 15.6 Å². The van der Waals surface area contributed by atoms with E-state index in [0.717, 1.165) is 30.0 Å². The molecule has 3 N–H and O–H groups in total. The molecule has 1 unspecified atom stereocenters. The van der Waals surface area contributed by atoms with Gasteiger partial charge < -0.3 is 20.6 Å². The minimum absolute atomic E-state index is 0.189. The molecule has 24 heavy (non-hydrogen) atoms. The summed E-state index contributed by atoms with van der Waals surface area (Å²) in [5.74, 6) is 1.000. The maximum atomic E-state index is 11.8. The van der Waals surface area contributed by atoms with E-state index in [2.05, 4.69) is 20.5 Å². The van der Waals surface area contributed by atoms with Crippen LogP contribution in [0.5, 0.6) is 0 Å². The number of carbonyl (C=O) groups is 1. The minimum atomic E-state index is -0.677. The number of carbonyl (C=O) groups excluding carboxylic acids is 1. The molecule has 128 valence electrons. The van der Waals surface area contributed by atoms with Crippen LogP contribution in [0.4, 0.5) is 10.6 Å². The largest absolute Gasteiger partial charge is 0.387 e. The van der Waals surface area contributed by atoms with Crippen LogP contribution in [0.25, 0.3) is 0 Å². The molecule has 1 atom stereocenters. The van der Waals surface area contributed by atoms with Gasteiger partial charge in [-0.15, -0.1) is 0 Å². The molecule has 1 fully saturated rings. The van der Waals surface area contributed by atoms with Gasteiger partial charge in [0, 0.05) is 32.4 Å². The number of amides is 2. The molecule has 0 spiro atoms. The summed E-state index contributed by atoms with van der Waals surface area (Å²) in [5, 5.41) is 19.1. The fraction of sp³-hybridized carbons (Fsp3) is 0.412. The molecule has 2 aromatic rings. The van der Waals surface area contributed by atoms with Crippen molar-refractivity contribution in [1.29, 1.82) is 0 Å². The van der Waals surface area contributed by atoms with E-state index in [9.17, 15) is 9.90 Å². The molecule has 1 saturated heterocycles. The van der Waals surface area contributed by atoms with E-state index >= 15 is 0 Å². The molecule has 3 rings (SSSR count). The number of urea groups is 1. The number of aliphatic hydroxyl groups excluding tert-OH is 1. The van der Waals surface area contributed by atoms with Gasteiger partial charge in [0.15, 0.2) is 0 Å². The first-order valence-electron chi connectivity index (χ1n) is 8.14. The van der Waals surface area contributed by atoms with Gasteiger partial charge in [0.2, 0.25) is 0 Å². The topological polar surface area (TPSA) is 77.5 Å². The van der Waals surface area contributed by atoms with E-state index < -0.39 is 6.10 Å². The maximum absolute atomic E-state index is 11.8. The Morgan fingerprint density at radius 2 is 2.12 bits per heavy atom. The predicted octanol–water partition coefficient (Wildman–Crippen LogP) is 2.28. The summed E-state index contributed by atoms with van der Waals surface area (Å²) in [4.78, 5) is 18.5. The van der Waals surface area contributed by atoms with E-state index in [4.69, 9.17) is 0 Å². The Morgan fingerprint density at radius 1 is 1.29 bits per heavy atom. The van der Waals surface area contributed by atoms with E-state index in [1.165, 1.54) is 24.2 Å². The summed E-state index contributed by atoms with van der Waals surface area (Å²) in [6, 6.07) is 5.54. The first kappa shape index (κ1) is 16.7. The first-order valence-corrected chi connectivity index (χ1v) is 9.08. The number of rotatable bonds is 6. The van der Waals surface area contributed by atoms with Crippen LogP contribution in [0, 0.1) is 0 Å². The van der Waals surface area contributed by atoms with Crippen LogP contribution in [-0.2, 0) is 6.54 Å². The minimum Gasteiger partial charge on any atom is -0.387 e. The highest BCUT2D eigenvalue weighted by molar-refractivity contribution is 7.07. The molecule has 2 aromatic heterocycles. The molecule has 0 radical (unpaired) electrons. The third-order valence-electron chi connectivity index (χ3n) is 4.08. The van der Waals surface area contributed by atoms with Crippen LogP contribution in [0.3, 0.4) is 0 Å². The van der Waals surface area contributed by atoms with Gasteiger partial charge in [-0.25, -0.2) is 9.78 Å². The number of hydrogen-bond acceptors (Lipinski definition) is 5. The fourth-order valence-corrected chi connectivity index (χ4v) is 3.38.